The normalized spacial score (nSPS) is 17.7. The van der Waals surface area contributed by atoms with Crippen LogP contribution in [-0.2, 0) is 14.8 Å². The molecule has 1 saturated heterocycles. The molecule has 0 unspecified atom stereocenters. The van der Waals surface area contributed by atoms with Crippen LogP contribution in [0.15, 0.2) is 65.6 Å². The van der Waals surface area contributed by atoms with Crippen molar-refractivity contribution in [3.8, 4) is 0 Å². The van der Waals surface area contributed by atoms with E-state index >= 15 is 0 Å². The first kappa shape index (κ1) is 20.4. The molecule has 8 heteroatoms. The zero-order valence-electron chi connectivity index (χ0n) is 16.0. The molecule has 156 valence electrons. The van der Waals surface area contributed by atoms with Gasteiger partial charge in [0.05, 0.1) is 10.8 Å². The number of carbonyl (C=O) groups excluding carboxylic acids is 1. The van der Waals surface area contributed by atoms with Crippen molar-refractivity contribution < 1.29 is 22.0 Å². The highest BCUT2D eigenvalue weighted by molar-refractivity contribution is 7.89. The number of anilines is 1. The summed E-state index contributed by atoms with van der Waals surface area (Å²) in [7, 11) is -3.80. The lowest BCUT2D eigenvalue weighted by Gasteiger charge is -2.31. The predicted octanol–water partition coefficient (Wildman–Crippen LogP) is 4.16. The van der Waals surface area contributed by atoms with Gasteiger partial charge in [0, 0.05) is 13.1 Å². The molecule has 3 aromatic carbocycles. The molecule has 0 bridgehead atoms. The van der Waals surface area contributed by atoms with E-state index in [9.17, 15) is 22.0 Å². The van der Waals surface area contributed by atoms with Gasteiger partial charge in [-0.3, -0.25) is 4.79 Å². The molecule has 1 amide bonds. The summed E-state index contributed by atoms with van der Waals surface area (Å²) in [6.07, 6.45) is 0.913. The van der Waals surface area contributed by atoms with Crippen molar-refractivity contribution in [3.05, 3.63) is 72.3 Å². The van der Waals surface area contributed by atoms with Gasteiger partial charge in [-0.05, 0) is 47.9 Å². The van der Waals surface area contributed by atoms with E-state index in [0.29, 0.717) is 12.8 Å². The van der Waals surface area contributed by atoms with Crippen LogP contribution in [0.4, 0.5) is 14.5 Å². The summed E-state index contributed by atoms with van der Waals surface area (Å²) in [4.78, 5) is 12.7. The summed E-state index contributed by atoms with van der Waals surface area (Å²) in [5.74, 6) is -3.05. The van der Waals surface area contributed by atoms with Crippen molar-refractivity contribution in [3.63, 3.8) is 0 Å². The number of sulfonamides is 1. The number of rotatable bonds is 4. The largest absolute Gasteiger partial charge is 0.321 e. The van der Waals surface area contributed by atoms with E-state index < -0.39 is 39.2 Å². The summed E-state index contributed by atoms with van der Waals surface area (Å²) in [6.45, 7) is 0.240. The first-order chi connectivity index (χ1) is 14.4. The van der Waals surface area contributed by atoms with Crippen LogP contribution in [0.3, 0.4) is 0 Å². The number of piperidine rings is 1. The maximum Gasteiger partial charge on any atom is 0.243 e. The van der Waals surface area contributed by atoms with Crippen molar-refractivity contribution in [1.29, 1.82) is 0 Å². The zero-order valence-corrected chi connectivity index (χ0v) is 16.8. The highest BCUT2D eigenvalue weighted by atomic mass is 32.2. The quantitative estimate of drug-likeness (QED) is 0.676. The van der Waals surface area contributed by atoms with Gasteiger partial charge in [-0.15, -0.1) is 0 Å². The van der Waals surface area contributed by atoms with Crippen LogP contribution in [-0.4, -0.2) is 31.7 Å². The molecule has 0 radical (unpaired) electrons. The van der Waals surface area contributed by atoms with Crippen LogP contribution in [0.1, 0.15) is 12.8 Å². The van der Waals surface area contributed by atoms with E-state index in [4.69, 9.17) is 0 Å². The standard InChI is InChI=1S/C22H20F2N2O3S/c23-19-8-3-9-20(24)21(19)25-22(27)17-7-4-12-26(14-17)30(28,29)18-11-10-15-5-1-2-6-16(15)13-18/h1-3,5-6,8-11,13,17H,4,7,12,14H2,(H,25,27)/t17-/m0/s1. The van der Waals surface area contributed by atoms with Crippen LogP contribution in [0.2, 0.25) is 0 Å². The fourth-order valence-corrected chi connectivity index (χ4v) is 5.25. The van der Waals surface area contributed by atoms with E-state index in [1.165, 1.54) is 10.4 Å². The molecule has 1 aliphatic rings. The Morgan fingerprint density at radius 2 is 1.67 bits per heavy atom. The second kappa shape index (κ2) is 8.12. The highest BCUT2D eigenvalue weighted by Crippen LogP contribution is 2.27. The minimum atomic E-state index is -3.80. The number of nitrogens with zero attached hydrogens (tertiary/aromatic N) is 1. The van der Waals surface area contributed by atoms with Crippen LogP contribution >= 0.6 is 0 Å². The van der Waals surface area contributed by atoms with Crippen LogP contribution < -0.4 is 5.32 Å². The number of halogens is 2. The van der Waals surface area contributed by atoms with Crippen molar-refractivity contribution in [2.24, 2.45) is 5.92 Å². The summed E-state index contributed by atoms with van der Waals surface area (Å²) in [5, 5.41) is 4.01. The Bertz CT molecular complexity index is 1190. The van der Waals surface area contributed by atoms with E-state index in [-0.39, 0.29) is 18.0 Å². The van der Waals surface area contributed by atoms with Gasteiger partial charge in [-0.25, -0.2) is 17.2 Å². The Morgan fingerprint density at radius 1 is 0.967 bits per heavy atom. The van der Waals surface area contributed by atoms with Crippen LogP contribution in [0.25, 0.3) is 10.8 Å². The Kier molecular flexibility index (Phi) is 5.53. The molecule has 0 saturated carbocycles. The van der Waals surface area contributed by atoms with Gasteiger partial charge in [-0.2, -0.15) is 4.31 Å². The third-order valence-electron chi connectivity index (χ3n) is 5.32. The van der Waals surface area contributed by atoms with E-state index in [0.717, 1.165) is 22.9 Å². The molecule has 0 spiro atoms. The molecule has 3 aromatic rings. The molecular weight excluding hydrogens is 410 g/mol. The highest BCUT2D eigenvalue weighted by Gasteiger charge is 2.34. The number of amides is 1. The number of nitrogens with one attached hydrogen (secondary N) is 1. The number of para-hydroxylation sites is 1. The predicted molar refractivity (Wildman–Crippen MR) is 110 cm³/mol. The average Bonchev–Trinajstić information content (AvgIpc) is 2.76. The lowest BCUT2D eigenvalue weighted by atomic mass is 9.98. The van der Waals surface area contributed by atoms with Gasteiger partial charge >= 0.3 is 0 Å². The third kappa shape index (κ3) is 3.93. The molecule has 1 N–H and O–H groups in total. The second-order valence-electron chi connectivity index (χ2n) is 7.30. The van der Waals surface area contributed by atoms with Gasteiger partial charge in [0.15, 0.2) is 0 Å². The fourth-order valence-electron chi connectivity index (χ4n) is 3.69. The molecular formula is C22H20F2N2O3S. The summed E-state index contributed by atoms with van der Waals surface area (Å²) in [6, 6.07) is 15.7. The van der Waals surface area contributed by atoms with Gasteiger partial charge in [-0.1, -0.05) is 36.4 Å². The zero-order chi connectivity index (χ0) is 21.3. The average molecular weight is 430 g/mol. The molecule has 30 heavy (non-hydrogen) atoms. The fraction of sp³-hybridized carbons (Fsp3) is 0.227. The Balaban J connectivity index is 1.54. The molecule has 0 aromatic heterocycles. The monoisotopic (exact) mass is 430 g/mol. The van der Waals surface area contributed by atoms with Crippen LogP contribution in [0, 0.1) is 17.6 Å². The molecule has 1 aliphatic heterocycles. The van der Waals surface area contributed by atoms with Gasteiger partial charge in [0.1, 0.15) is 17.3 Å². The molecule has 0 aliphatic carbocycles. The molecule has 1 fully saturated rings. The number of carbonyl (C=O) groups is 1. The minimum absolute atomic E-state index is 0.0446. The first-order valence-electron chi connectivity index (χ1n) is 9.60. The Morgan fingerprint density at radius 3 is 2.40 bits per heavy atom. The van der Waals surface area contributed by atoms with Crippen molar-refractivity contribution in [2.75, 3.05) is 18.4 Å². The lowest BCUT2D eigenvalue weighted by molar-refractivity contribution is -0.120. The van der Waals surface area contributed by atoms with E-state index in [2.05, 4.69) is 5.32 Å². The minimum Gasteiger partial charge on any atom is -0.321 e. The van der Waals surface area contributed by atoms with Crippen molar-refractivity contribution >= 4 is 32.4 Å². The third-order valence-corrected chi connectivity index (χ3v) is 7.19. The van der Waals surface area contributed by atoms with Crippen molar-refractivity contribution in [2.45, 2.75) is 17.7 Å². The van der Waals surface area contributed by atoms with Crippen molar-refractivity contribution in [1.82, 2.24) is 4.31 Å². The maximum absolute atomic E-state index is 13.8. The smallest absolute Gasteiger partial charge is 0.243 e. The summed E-state index contributed by atoms with van der Waals surface area (Å²) >= 11 is 0. The van der Waals surface area contributed by atoms with Gasteiger partial charge in [0.2, 0.25) is 15.9 Å². The number of fused-ring (bicyclic) bond motifs is 1. The second-order valence-corrected chi connectivity index (χ2v) is 9.24. The van der Waals surface area contributed by atoms with E-state index in [1.54, 1.807) is 18.2 Å². The van der Waals surface area contributed by atoms with E-state index in [1.807, 2.05) is 24.3 Å². The Hall–Kier alpha value is -2.84. The molecule has 1 heterocycles. The maximum atomic E-state index is 13.8. The molecule has 4 rings (SSSR count). The Labute approximate surface area is 173 Å². The number of benzene rings is 3. The molecule has 5 nitrogen and oxygen atoms in total. The van der Waals surface area contributed by atoms with Gasteiger partial charge < -0.3 is 5.32 Å². The first-order valence-corrected chi connectivity index (χ1v) is 11.0. The summed E-state index contributed by atoms with van der Waals surface area (Å²) in [5.41, 5.74) is -0.517. The molecule has 1 atom stereocenters. The number of hydrogen-bond donors (Lipinski definition) is 1. The SMILES string of the molecule is O=C(Nc1c(F)cccc1F)[C@H]1CCCN(S(=O)(=O)c2ccc3ccccc3c2)C1. The lowest BCUT2D eigenvalue weighted by Crippen LogP contribution is -2.43. The summed E-state index contributed by atoms with van der Waals surface area (Å²) < 4.78 is 55.2. The topological polar surface area (TPSA) is 66.5 Å². The number of hydrogen-bond acceptors (Lipinski definition) is 3. The van der Waals surface area contributed by atoms with Gasteiger partial charge in [0.25, 0.3) is 0 Å². The van der Waals surface area contributed by atoms with Crippen LogP contribution in [0.5, 0.6) is 0 Å².